The molecular weight excluding hydrogens is 419 g/mol. The average molecular weight is 429 g/mol. The fourth-order valence-corrected chi connectivity index (χ4v) is 3.07. The standard InChI is InChI=1S/C15H10BrIO2/c16-13-3-2-11(17)8-12(13)15(18)10-1-4-14-9(7-10)5-6-19-14/h1-4,7-8H,5-6H2. The molecule has 2 nitrogen and oxygen atoms in total. The summed E-state index contributed by atoms with van der Waals surface area (Å²) in [5.41, 5.74) is 2.53. The molecule has 0 fully saturated rings. The molecular formula is C15H10BrIO2. The van der Waals surface area contributed by atoms with Crippen molar-refractivity contribution in [3.05, 3.63) is 61.1 Å². The van der Waals surface area contributed by atoms with Gasteiger partial charge in [-0.25, -0.2) is 0 Å². The maximum Gasteiger partial charge on any atom is 0.194 e. The minimum absolute atomic E-state index is 0.0418. The van der Waals surface area contributed by atoms with Crippen LogP contribution in [0.1, 0.15) is 21.5 Å². The van der Waals surface area contributed by atoms with Gasteiger partial charge < -0.3 is 4.74 Å². The zero-order chi connectivity index (χ0) is 13.4. The summed E-state index contributed by atoms with van der Waals surface area (Å²) in [6, 6.07) is 11.4. The van der Waals surface area contributed by atoms with Gasteiger partial charge in [0.1, 0.15) is 5.75 Å². The Hall–Kier alpha value is -0.880. The first-order chi connectivity index (χ1) is 9.15. The monoisotopic (exact) mass is 428 g/mol. The zero-order valence-electron chi connectivity index (χ0n) is 9.95. The highest BCUT2D eigenvalue weighted by Crippen LogP contribution is 2.28. The molecule has 1 heterocycles. The van der Waals surface area contributed by atoms with Crippen LogP contribution in [0.4, 0.5) is 0 Å². The van der Waals surface area contributed by atoms with Crippen LogP contribution in [0.25, 0.3) is 0 Å². The van der Waals surface area contributed by atoms with Crippen molar-refractivity contribution in [3.63, 3.8) is 0 Å². The van der Waals surface area contributed by atoms with E-state index in [-0.39, 0.29) is 5.78 Å². The first-order valence-electron chi connectivity index (χ1n) is 5.90. The van der Waals surface area contributed by atoms with E-state index >= 15 is 0 Å². The maximum absolute atomic E-state index is 12.5. The molecule has 1 aliphatic heterocycles. The van der Waals surface area contributed by atoms with Crippen LogP contribution < -0.4 is 4.74 Å². The van der Waals surface area contributed by atoms with Gasteiger partial charge in [0.15, 0.2) is 5.78 Å². The van der Waals surface area contributed by atoms with Crippen molar-refractivity contribution in [1.82, 2.24) is 0 Å². The molecule has 0 radical (unpaired) electrons. The number of hydrogen-bond acceptors (Lipinski definition) is 2. The van der Waals surface area contributed by atoms with Crippen molar-refractivity contribution < 1.29 is 9.53 Å². The van der Waals surface area contributed by atoms with Gasteiger partial charge in [-0.3, -0.25) is 4.79 Å². The van der Waals surface area contributed by atoms with E-state index in [1.807, 2.05) is 36.4 Å². The predicted octanol–water partition coefficient (Wildman–Crippen LogP) is 4.22. The molecule has 2 aromatic rings. The van der Waals surface area contributed by atoms with Gasteiger partial charge in [-0.1, -0.05) is 15.9 Å². The van der Waals surface area contributed by atoms with Gasteiger partial charge >= 0.3 is 0 Å². The van der Waals surface area contributed by atoms with E-state index in [0.29, 0.717) is 17.7 Å². The van der Waals surface area contributed by atoms with Gasteiger partial charge in [0.05, 0.1) is 6.61 Å². The fraction of sp³-hybridized carbons (Fsp3) is 0.133. The molecule has 0 spiro atoms. The van der Waals surface area contributed by atoms with Crippen molar-refractivity contribution in [2.24, 2.45) is 0 Å². The highest BCUT2D eigenvalue weighted by molar-refractivity contribution is 14.1. The number of ether oxygens (including phenoxy) is 1. The van der Waals surface area contributed by atoms with Crippen LogP contribution in [0.15, 0.2) is 40.9 Å². The molecule has 19 heavy (non-hydrogen) atoms. The summed E-state index contributed by atoms with van der Waals surface area (Å²) in [7, 11) is 0. The van der Waals surface area contributed by atoms with E-state index in [1.165, 1.54) is 0 Å². The van der Waals surface area contributed by atoms with Crippen LogP contribution >= 0.6 is 38.5 Å². The van der Waals surface area contributed by atoms with Crippen LogP contribution in [0.2, 0.25) is 0 Å². The second-order valence-electron chi connectivity index (χ2n) is 4.37. The van der Waals surface area contributed by atoms with E-state index in [1.54, 1.807) is 0 Å². The Morgan fingerprint density at radius 3 is 2.89 bits per heavy atom. The van der Waals surface area contributed by atoms with Gasteiger partial charge in [0.25, 0.3) is 0 Å². The summed E-state index contributed by atoms with van der Waals surface area (Å²) in [6.07, 6.45) is 0.879. The number of carbonyl (C=O) groups is 1. The van der Waals surface area contributed by atoms with Gasteiger partial charge in [0.2, 0.25) is 0 Å². The van der Waals surface area contributed by atoms with E-state index in [0.717, 1.165) is 25.8 Å². The summed E-state index contributed by atoms with van der Waals surface area (Å²) in [6.45, 7) is 0.708. The summed E-state index contributed by atoms with van der Waals surface area (Å²) in [4.78, 5) is 12.5. The molecule has 4 heteroatoms. The Labute approximate surface area is 133 Å². The molecule has 0 saturated heterocycles. The lowest BCUT2D eigenvalue weighted by Gasteiger charge is -2.06. The number of benzene rings is 2. The fourth-order valence-electron chi connectivity index (χ4n) is 2.15. The Kier molecular flexibility index (Phi) is 3.62. The molecule has 96 valence electrons. The minimum atomic E-state index is 0.0418. The molecule has 3 rings (SSSR count). The number of hydrogen-bond donors (Lipinski definition) is 0. The van der Waals surface area contributed by atoms with Gasteiger partial charge in [-0.2, -0.15) is 0 Å². The van der Waals surface area contributed by atoms with Crippen molar-refractivity contribution in [1.29, 1.82) is 0 Å². The average Bonchev–Trinajstić information content (AvgIpc) is 2.88. The smallest absolute Gasteiger partial charge is 0.194 e. The second kappa shape index (κ2) is 5.25. The number of ketones is 1. The molecule has 0 saturated carbocycles. The lowest BCUT2D eigenvalue weighted by molar-refractivity contribution is 0.103. The molecule has 1 aliphatic rings. The Balaban J connectivity index is 2.02. The highest BCUT2D eigenvalue weighted by atomic mass is 127. The third-order valence-corrected chi connectivity index (χ3v) is 4.49. The first-order valence-corrected chi connectivity index (χ1v) is 7.78. The van der Waals surface area contributed by atoms with Crippen molar-refractivity contribution >= 4 is 44.3 Å². The number of carbonyl (C=O) groups excluding carboxylic acids is 1. The SMILES string of the molecule is O=C(c1ccc2c(c1)CCO2)c1cc(I)ccc1Br. The van der Waals surface area contributed by atoms with Crippen LogP contribution in [0.3, 0.4) is 0 Å². The zero-order valence-corrected chi connectivity index (χ0v) is 13.7. The summed E-state index contributed by atoms with van der Waals surface area (Å²) in [5.74, 6) is 0.943. The van der Waals surface area contributed by atoms with Crippen LogP contribution in [-0.4, -0.2) is 12.4 Å². The molecule has 0 amide bonds. The van der Waals surface area contributed by atoms with Crippen molar-refractivity contribution in [3.8, 4) is 5.75 Å². The Morgan fingerprint density at radius 1 is 1.21 bits per heavy atom. The summed E-state index contributed by atoms with van der Waals surface area (Å²) >= 11 is 5.65. The minimum Gasteiger partial charge on any atom is -0.493 e. The van der Waals surface area contributed by atoms with Gasteiger partial charge in [-0.05, 0) is 64.6 Å². The molecule has 0 bridgehead atoms. The van der Waals surface area contributed by atoms with Gasteiger partial charge in [-0.15, -0.1) is 0 Å². The number of fused-ring (bicyclic) bond motifs is 1. The van der Waals surface area contributed by atoms with E-state index in [9.17, 15) is 4.79 Å². The van der Waals surface area contributed by atoms with Gasteiger partial charge in [0, 0.05) is 25.6 Å². The van der Waals surface area contributed by atoms with E-state index in [4.69, 9.17) is 4.74 Å². The summed E-state index contributed by atoms with van der Waals surface area (Å²) in [5, 5.41) is 0. The molecule has 0 atom stereocenters. The third kappa shape index (κ3) is 2.56. The van der Waals surface area contributed by atoms with E-state index in [2.05, 4.69) is 38.5 Å². The topological polar surface area (TPSA) is 26.3 Å². The third-order valence-electron chi connectivity index (χ3n) is 3.12. The lowest BCUT2D eigenvalue weighted by atomic mass is 10.0. The Bertz CT molecular complexity index is 667. The molecule has 0 unspecified atom stereocenters. The normalized spacial score (nSPS) is 12.9. The van der Waals surface area contributed by atoms with E-state index < -0.39 is 0 Å². The molecule has 2 aromatic carbocycles. The molecule has 0 aromatic heterocycles. The van der Waals surface area contributed by atoms with Crippen LogP contribution in [0.5, 0.6) is 5.75 Å². The van der Waals surface area contributed by atoms with Crippen molar-refractivity contribution in [2.45, 2.75) is 6.42 Å². The predicted molar refractivity (Wildman–Crippen MR) is 85.9 cm³/mol. The Morgan fingerprint density at radius 2 is 2.05 bits per heavy atom. The first kappa shape index (κ1) is 13.1. The quantitative estimate of drug-likeness (QED) is 0.528. The van der Waals surface area contributed by atoms with Crippen LogP contribution in [-0.2, 0) is 6.42 Å². The molecule has 0 aliphatic carbocycles. The maximum atomic E-state index is 12.5. The number of halogens is 2. The lowest BCUT2D eigenvalue weighted by Crippen LogP contribution is -2.03. The highest BCUT2D eigenvalue weighted by Gasteiger charge is 2.17. The largest absolute Gasteiger partial charge is 0.493 e. The molecule has 0 N–H and O–H groups in total. The second-order valence-corrected chi connectivity index (χ2v) is 6.47. The van der Waals surface area contributed by atoms with Crippen molar-refractivity contribution in [2.75, 3.05) is 6.61 Å². The van der Waals surface area contributed by atoms with Crippen LogP contribution in [0, 0.1) is 3.57 Å². The summed E-state index contributed by atoms with van der Waals surface area (Å²) < 4.78 is 7.34. The number of rotatable bonds is 2.